The van der Waals surface area contributed by atoms with Gasteiger partial charge in [-0.2, -0.15) is 0 Å². The number of benzene rings is 3. The Morgan fingerprint density at radius 3 is 2.38 bits per heavy atom. The number of rotatable bonds is 6. The second-order valence-electron chi connectivity index (χ2n) is 8.25. The molecule has 4 rings (SSSR count). The van der Waals surface area contributed by atoms with Crippen molar-refractivity contribution >= 4 is 39.3 Å². The fourth-order valence-corrected chi connectivity index (χ4v) is 4.87. The lowest BCUT2D eigenvalue weighted by molar-refractivity contribution is -0.113. The standard InChI is InChI=1S/C26H25BrN4O2S/c1-15-5-8-21(17(3)11-15)28-24(33)14-34-26-30-29-25(20-13-19(27)7-10-23(20)32)31(26)22-9-6-16(2)12-18(22)4/h5-13,32H,14H2,1-4H3,(H,28,33). The summed E-state index contributed by atoms with van der Waals surface area (Å²) in [4.78, 5) is 12.7. The van der Waals surface area contributed by atoms with Crippen molar-refractivity contribution in [3.63, 3.8) is 0 Å². The highest BCUT2D eigenvalue weighted by Gasteiger charge is 2.21. The van der Waals surface area contributed by atoms with E-state index in [1.165, 1.54) is 11.8 Å². The molecule has 0 aliphatic heterocycles. The Kier molecular flexibility index (Phi) is 7.09. The molecule has 34 heavy (non-hydrogen) atoms. The number of anilines is 1. The van der Waals surface area contributed by atoms with Gasteiger partial charge in [0.15, 0.2) is 11.0 Å². The molecular formula is C26H25BrN4O2S. The molecule has 174 valence electrons. The molecule has 0 radical (unpaired) electrons. The molecule has 1 amide bonds. The quantitative estimate of drug-likeness (QED) is 0.280. The normalized spacial score (nSPS) is 11.0. The van der Waals surface area contributed by atoms with Crippen LogP contribution in [0.1, 0.15) is 22.3 Å². The Bertz CT molecular complexity index is 1380. The molecule has 4 aromatic rings. The number of phenols is 1. The molecule has 2 N–H and O–H groups in total. The van der Waals surface area contributed by atoms with Crippen LogP contribution in [0.5, 0.6) is 5.75 Å². The van der Waals surface area contributed by atoms with Gasteiger partial charge in [-0.3, -0.25) is 9.36 Å². The Morgan fingerprint density at radius 2 is 1.68 bits per heavy atom. The molecule has 1 aromatic heterocycles. The van der Waals surface area contributed by atoms with Gasteiger partial charge in [-0.1, -0.05) is 63.1 Å². The summed E-state index contributed by atoms with van der Waals surface area (Å²) in [5.74, 6) is 0.647. The zero-order chi connectivity index (χ0) is 24.4. The number of halogens is 1. The summed E-state index contributed by atoms with van der Waals surface area (Å²) in [5, 5.41) is 22.9. The van der Waals surface area contributed by atoms with E-state index in [0.29, 0.717) is 16.5 Å². The number of aromatic hydroxyl groups is 1. The molecule has 8 heteroatoms. The molecule has 0 unspecified atom stereocenters. The maximum atomic E-state index is 12.7. The molecule has 0 atom stereocenters. The van der Waals surface area contributed by atoms with E-state index in [1.54, 1.807) is 18.2 Å². The van der Waals surface area contributed by atoms with Crippen molar-refractivity contribution in [1.82, 2.24) is 14.8 Å². The van der Waals surface area contributed by atoms with E-state index in [2.05, 4.69) is 37.5 Å². The molecule has 0 spiro atoms. The SMILES string of the molecule is Cc1ccc(NC(=O)CSc2nnc(-c3cc(Br)ccc3O)n2-c2ccc(C)cc2C)c(C)c1. The minimum Gasteiger partial charge on any atom is -0.507 e. The number of aryl methyl sites for hydroxylation is 4. The van der Waals surface area contributed by atoms with Crippen LogP contribution in [-0.2, 0) is 4.79 Å². The lowest BCUT2D eigenvalue weighted by atomic mass is 10.1. The summed E-state index contributed by atoms with van der Waals surface area (Å²) in [6.07, 6.45) is 0. The maximum absolute atomic E-state index is 12.7. The Balaban J connectivity index is 1.68. The van der Waals surface area contributed by atoms with Crippen LogP contribution < -0.4 is 5.32 Å². The third-order valence-corrected chi connectivity index (χ3v) is 6.84. The van der Waals surface area contributed by atoms with Crippen LogP contribution in [0.4, 0.5) is 5.69 Å². The fraction of sp³-hybridized carbons (Fsp3) is 0.192. The number of thioether (sulfide) groups is 1. The van der Waals surface area contributed by atoms with Gasteiger partial charge >= 0.3 is 0 Å². The van der Waals surface area contributed by atoms with Gasteiger partial charge in [0.1, 0.15) is 5.75 Å². The zero-order valence-electron chi connectivity index (χ0n) is 19.4. The van der Waals surface area contributed by atoms with E-state index >= 15 is 0 Å². The van der Waals surface area contributed by atoms with Gasteiger partial charge in [0, 0.05) is 10.2 Å². The first-order valence-corrected chi connectivity index (χ1v) is 12.5. The first-order chi connectivity index (χ1) is 16.2. The number of nitrogens with zero attached hydrogens (tertiary/aromatic N) is 3. The summed E-state index contributed by atoms with van der Waals surface area (Å²) in [6, 6.07) is 17.2. The number of nitrogens with one attached hydrogen (secondary N) is 1. The molecule has 6 nitrogen and oxygen atoms in total. The van der Waals surface area contributed by atoms with E-state index in [4.69, 9.17) is 0 Å². The third kappa shape index (κ3) is 5.18. The molecule has 0 fully saturated rings. The second-order valence-corrected chi connectivity index (χ2v) is 10.1. The predicted molar refractivity (Wildman–Crippen MR) is 141 cm³/mol. The minimum absolute atomic E-state index is 0.103. The van der Waals surface area contributed by atoms with Crippen molar-refractivity contribution in [2.24, 2.45) is 0 Å². The first-order valence-electron chi connectivity index (χ1n) is 10.7. The van der Waals surface area contributed by atoms with E-state index in [1.807, 2.05) is 62.6 Å². The van der Waals surface area contributed by atoms with Gasteiger partial charge in [0.25, 0.3) is 0 Å². The van der Waals surface area contributed by atoms with Crippen LogP contribution in [-0.4, -0.2) is 31.5 Å². The molecule has 0 bridgehead atoms. The summed E-state index contributed by atoms with van der Waals surface area (Å²) in [5.41, 5.74) is 6.59. The minimum atomic E-state index is -0.126. The Morgan fingerprint density at radius 1 is 0.971 bits per heavy atom. The summed E-state index contributed by atoms with van der Waals surface area (Å²) >= 11 is 4.77. The van der Waals surface area contributed by atoms with Crippen molar-refractivity contribution in [3.05, 3.63) is 81.3 Å². The van der Waals surface area contributed by atoms with Gasteiger partial charge in [0.2, 0.25) is 5.91 Å². The van der Waals surface area contributed by atoms with Gasteiger partial charge in [0.05, 0.1) is 17.0 Å². The van der Waals surface area contributed by atoms with Crippen molar-refractivity contribution in [2.45, 2.75) is 32.9 Å². The van der Waals surface area contributed by atoms with Crippen LogP contribution in [0.15, 0.2) is 64.2 Å². The van der Waals surface area contributed by atoms with Crippen LogP contribution in [0.2, 0.25) is 0 Å². The number of phenolic OH excluding ortho intramolecular Hbond substituents is 1. The number of hydrogen-bond donors (Lipinski definition) is 2. The lowest BCUT2D eigenvalue weighted by Gasteiger charge is -2.14. The van der Waals surface area contributed by atoms with Crippen LogP contribution in [0, 0.1) is 27.7 Å². The van der Waals surface area contributed by atoms with Gasteiger partial charge < -0.3 is 10.4 Å². The predicted octanol–water partition coefficient (Wildman–Crippen LogP) is 6.37. The van der Waals surface area contributed by atoms with Crippen molar-refractivity contribution in [1.29, 1.82) is 0 Å². The topological polar surface area (TPSA) is 80.0 Å². The number of aromatic nitrogens is 3. The van der Waals surface area contributed by atoms with Gasteiger partial charge in [-0.05, 0) is 69.2 Å². The largest absolute Gasteiger partial charge is 0.507 e. The number of amides is 1. The highest BCUT2D eigenvalue weighted by Crippen LogP contribution is 2.35. The molecule has 0 saturated heterocycles. The molecular weight excluding hydrogens is 512 g/mol. The lowest BCUT2D eigenvalue weighted by Crippen LogP contribution is -2.15. The fourth-order valence-electron chi connectivity index (χ4n) is 3.77. The Hall–Kier alpha value is -3.10. The first kappa shape index (κ1) is 24.0. The average Bonchev–Trinajstić information content (AvgIpc) is 3.19. The van der Waals surface area contributed by atoms with Crippen molar-refractivity contribution in [2.75, 3.05) is 11.1 Å². The summed E-state index contributed by atoms with van der Waals surface area (Å²) < 4.78 is 2.71. The monoisotopic (exact) mass is 536 g/mol. The Labute approximate surface area is 211 Å². The number of hydrogen-bond acceptors (Lipinski definition) is 5. The van der Waals surface area contributed by atoms with E-state index < -0.39 is 0 Å². The van der Waals surface area contributed by atoms with Crippen LogP contribution >= 0.6 is 27.7 Å². The molecule has 0 aliphatic carbocycles. The number of carbonyl (C=O) groups excluding carboxylic acids is 1. The molecule has 0 saturated carbocycles. The van der Waals surface area contributed by atoms with Crippen molar-refractivity contribution < 1.29 is 9.90 Å². The van der Waals surface area contributed by atoms with E-state index in [9.17, 15) is 9.90 Å². The smallest absolute Gasteiger partial charge is 0.234 e. The second kappa shape index (κ2) is 10.0. The van der Waals surface area contributed by atoms with E-state index in [-0.39, 0.29) is 17.4 Å². The number of carbonyl (C=O) groups is 1. The highest BCUT2D eigenvalue weighted by atomic mass is 79.9. The molecule has 1 heterocycles. The van der Waals surface area contributed by atoms with Crippen LogP contribution in [0.25, 0.3) is 17.1 Å². The summed E-state index contributed by atoms with van der Waals surface area (Å²) in [7, 11) is 0. The van der Waals surface area contributed by atoms with Gasteiger partial charge in [-0.15, -0.1) is 10.2 Å². The van der Waals surface area contributed by atoms with Gasteiger partial charge in [-0.25, -0.2) is 0 Å². The van der Waals surface area contributed by atoms with E-state index in [0.717, 1.165) is 38.1 Å². The van der Waals surface area contributed by atoms with Crippen LogP contribution in [0.3, 0.4) is 0 Å². The zero-order valence-corrected chi connectivity index (χ0v) is 21.8. The third-order valence-electron chi connectivity index (χ3n) is 5.41. The molecule has 3 aromatic carbocycles. The molecule has 0 aliphatic rings. The maximum Gasteiger partial charge on any atom is 0.234 e. The van der Waals surface area contributed by atoms with Crippen molar-refractivity contribution in [3.8, 4) is 22.8 Å². The summed E-state index contributed by atoms with van der Waals surface area (Å²) in [6.45, 7) is 8.06. The average molecular weight is 537 g/mol. The highest BCUT2D eigenvalue weighted by molar-refractivity contribution is 9.10.